The molecule has 4 heteroatoms. The Hall–Kier alpha value is -1.84. The number of carbonyl (C=O) groups excluding carboxylic acids is 1. The molecule has 0 radical (unpaired) electrons. The number of nitrogens with two attached hydrogens (primary N) is 1. The Kier molecular flexibility index (Phi) is 3.50. The molecule has 0 atom stereocenters. The number of nitrogens with zero attached hydrogens (tertiary/aromatic N) is 2. The predicted octanol–water partition coefficient (Wildman–Crippen LogP) is 3.89. The average molecular weight is 299 g/mol. The van der Waals surface area contributed by atoms with Crippen LogP contribution in [0.4, 0.5) is 0 Å². The molecule has 2 N–H and O–H groups in total. The summed E-state index contributed by atoms with van der Waals surface area (Å²) >= 11 is 0. The van der Waals surface area contributed by atoms with Crippen molar-refractivity contribution in [3.05, 3.63) is 29.2 Å². The molecule has 0 aliphatic heterocycles. The fraction of sp³-hybridized carbons (Fsp3) is 0.556. The van der Waals surface area contributed by atoms with E-state index in [0.717, 1.165) is 35.1 Å². The Morgan fingerprint density at radius 3 is 2.50 bits per heavy atom. The van der Waals surface area contributed by atoms with Crippen LogP contribution in [0.5, 0.6) is 0 Å². The van der Waals surface area contributed by atoms with Gasteiger partial charge in [0.25, 0.3) is 5.91 Å². The lowest BCUT2D eigenvalue weighted by Gasteiger charge is -2.36. The van der Waals surface area contributed by atoms with Crippen LogP contribution in [0.2, 0.25) is 0 Å². The van der Waals surface area contributed by atoms with E-state index in [1.807, 2.05) is 26.0 Å². The van der Waals surface area contributed by atoms with Crippen molar-refractivity contribution in [2.45, 2.75) is 59.4 Å². The van der Waals surface area contributed by atoms with Gasteiger partial charge in [-0.3, -0.25) is 9.78 Å². The molecule has 1 amide bonds. The van der Waals surface area contributed by atoms with Gasteiger partial charge >= 0.3 is 0 Å². The van der Waals surface area contributed by atoms with Crippen molar-refractivity contribution < 1.29 is 4.79 Å². The summed E-state index contributed by atoms with van der Waals surface area (Å²) in [5.41, 5.74) is 9.69. The van der Waals surface area contributed by atoms with Crippen LogP contribution in [0.1, 0.15) is 67.4 Å². The summed E-state index contributed by atoms with van der Waals surface area (Å²) in [6.45, 7) is 8.64. The third-order valence-electron chi connectivity index (χ3n) is 5.04. The Bertz CT molecular complexity index is 732. The first-order valence-electron chi connectivity index (χ1n) is 8.07. The fourth-order valence-corrected chi connectivity index (χ4v) is 3.82. The highest BCUT2D eigenvalue weighted by molar-refractivity contribution is 5.98. The second-order valence-electron chi connectivity index (χ2n) is 7.45. The highest BCUT2D eigenvalue weighted by atomic mass is 16.1. The zero-order valence-electron chi connectivity index (χ0n) is 13.9. The van der Waals surface area contributed by atoms with Crippen molar-refractivity contribution in [2.75, 3.05) is 0 Å². The van der Waals surface area contributed by atoms with Gasteiger partial charge in [0.1, 0.15) is 5.69 Å². The third-order valence-corrected chi connectivity index (χ3v) is 5.04. The van der Waals surface area contributed by atoms with E-state index in [0.29, 0.717) is 17.2 Å². The molecule has 22 heavy (non-hydrogen) atoms. The largest absolute Gasteiger partial charge is 0.364 e. The van der Waals surface area contributed by atoms with Gasteiger partial charge < -0.3 is 10.3 Å². The van der Waals surface area contributed by atoms with E-state index >= 15 is 0 Å². The molecule has 118 valence electrons. The highest BCUT2D eigenvalue weighted by Crippen LogP contribution is 2.42. The lowest BCUT2D eigenvalue weighted by atomic mass is 9.75. The molecule has 3 rings (SSSR count). The number of rotatable bonds is 2. The number of fused-ring (bicyclic) bond motifs is 1. The summed E-state index contributed by atoms with van der Waals surface area (Å²) in [4.78, 5) is 16.5. The van der Waals surface area contributed by atoms with E-state index in [9.17, 15) is 4.79 Å². The molecular formula is C18H25N3O. The van der Waals surface area contributed by atoms with Crippen LogP contribution >= 0.6 is 0 Å². The summed E-state index contributed by atoms with van der Waals surface area (Å²) in [5, 5.41) is 1.07. The van der Waals surface area contributed by atoms with Crippen molar-refractivity contribution in [3.63, 3.8) is 0 Å². The number of aryl methyl sites for hydroxylation is 2. The topological polar surface area (TPSA) is 60.9 Å². The minimum Gasteiger partial charge on any atom is -0.364 e. The lowest BCUT2D eigenvalue weighted by Crippen LogP contribution is -2.26. The normalized spacial score (nSPS) is 18.7. The number of aromatic nitrogens is 2. The summed E-state index contributed by atoms with van der Waals surface area (Å²) in [5.74, 6) is -0.349. The number of amides is 1. The van der Waals surface area contributed by atoms with Gasteiger partial charge in [-0.15, -0.1) is 0 Å². The smallest absolute Gasteiger partial charge is 0.265 e. The van der Waals surface area contributed by atoms with E-state index in [-0.39, 0.29) is 5.91 Å². The first kappa shape index (κ1) is 15.1. The number of hydrogen-bond donors (Lipinski definition) is 1. The maximum absolute atomic E-state index is 11.9. The second-order valence-corrected chi connectivity index (χ2v) is 7.45. The summed E-state index contributed by atoms with van der Waals surface area (Å²) in [6, 6.07) is 4.31. The Morgan fingerprint density at radius 2 is 1.91 bits per heavy atom. The lowest BCUT2D eigenvalue weighted by molar-refractivity contribution is 0.0985. The number of hydrogen-bond acceptors (Lipinski definition) is 2. The molecule has 1 aliphatic rings. The van der Waals surface area contributed by atoms with E-state index in [2.05, 4.69) is 23.4 Å². The zero-order valence-corrected chi connectivity index (χ0v) is 13.9. The van der Waals surface area contributed by atoms with Crippen LogP contribution in [0.3, 0.4) is 0 Å². The Labute approximate surface area is 131 Å². The first-order valence-corrected chi connectivity index (χ1v) is 8.07. The molecular weight excluding hydrogens is 274 g/mol. The van der Waals surface area contributed by atoms with Crippen LogP contribution in [-0.4, -0.2) is 15.5 Å². The van der Waals surface area contributed by atoms with Gasteiger partial charge in [0, 0.05) is 17.1 Å². The molecule has 2 aromatic heterocycles. The highest BCUT2D eigenvalue weighted by Gasteiger charge is 2.30. The molecule has 0 bridgehead atoms. The van der Waals surface area contributed by atoms with Crippen molar-refractivity contribution >= 4 is 16.8 Å². The average Bonchev–Trinajstić information content (AvgIpc) is 2.78. The second kappa shape index (κ2) is 5.11. The first-order chi connectivity index (χ1) is 10.3. The molecule has 0 aromatic carbocycles. The summed E-state index contributed by atoms with van der Waals surface area (Å²) in [7, 11) is 0. The summed E-state index contributed by atoms with van der Waals surface area (Å²) in [6.07, 6.45) is 4.52. The van der Waals surface area contributed by atoms with E-state index < -0.39 is 0 Å². The van der Waals surface area contributed by atoms with Crippen LogP contribution < -0.4 is 5.73 Å². The molecule has 0 saturated heterocycles. The van der Waals surface area contributed by atoms with Gasteiger partial charge in [0.15, 0.2) is 0 Å². The van der Waals surface area contributed by atoms with Crippen LogP contribution in [0.15, 0.2) is 12.1 Å². The fourth-order valence-electron chi connectivity index (χ4n) is 3.82. The SMILES string of the molecule is Cc1cc2cc(C(N)=O)n(C3CCC(C)(C)CC3)c2c(C)n1. The van der Waals surface area contributed by atoms with Crippen molar-refractivity contribution in [3.8, 4) is 0 Å². The van der Waals surface area contributed by atoms with E-state index in [1.165, 1.54) is 12.8 Å². The van der Waals surface area contributed by atoms with Crippen molar-refractivity contribution in [1.29, 1.82) is 0 Å². The predicted molar refractivity (Wildman–Crippen MR) is 89.0 cm³/mol. The zero-order chi connectivity index (χ0) is 16.1. The number of primary amides is 1. The van der Waals surface area contributed by atoms with Gasteiger partial charge in [0.05, 0.1) is 11.2 Å². The Morgan fingerprint density at radius 1 is 1.27 bits per heavy atom. The third kappa shape index (κ3) is 2.51. The number of pyridine rings is 1. The standard InChI is InChI=1S/C18H25N3O/c1-11-9-13-10-15(17(19)22)21(16(13)12(2)20-11)14-5-7-18(3,4)8-6-14/h9-10,14H,5-8H2,1-4H3,(H2,19,22). The molecule has 2 aromatic rings. The monoisotopic (exact) mass is 299 g/mol. The van der Waals surface area contributed by atoms with E-state index in [4.69, 9.17) is 5.73 Å². The van der Waals surface area contributed by atoms with Crippen molar-refractivity contribution in [2.24, 2.45) is 11.1 Å². The minimum atomic E-state index is -0.349. The van der Waals surface area contributed by atoms with Gasteiger partial charge in [-0.05, 0) is 57.1 Å². The molecule has 2 heterocycles. The molecule has 0 spiro atoms. The van der Waals surface area contributed by atoms with Gasteiger partial charge in [-0.25, -0.2) is 0 Å². The van der Waals surface area contributed by atoms with Gasteiger partial charge in [-0.2, -0.15) is 0 Å². The van der Waals surface area contributed by atoms with Crippen LogP contribution in [0.25, 0.3) is 10.9 Å². The maximum Gasteiger partial charge on any atom is 0.265 e. The summed E-state index contributed by atoms with van der Waals surface area (Å²) < 4.78 is 2.16. The minimum absolute atomic E-state index is 0.344. The number of carbonyl (C=O) groups is 1. The molecule has 1 fully saturated rings. The van der Waals surface area contributed by atoms with E-state index in [1.54, 1.807) is 0 Å². The Balaban J connectivity index is 2.15. The molecule has 1 aliphatic carbocycles. The quantitative estimate of drug-likeness (QED) is 0.914. The van der Waals surface area contributed by atoms with Gasteiger partial charge in [-0.1, -0.05) is 13.8 Å². The van der Waals surface area contributed by atoms with Crippen molar-refractivity contribution in [1.82, 2.24) is 9.55 Å². The van der Waals surface area contributed by atoms with Crippen LogP contribution in [0, 0.1) is 19.3 Å². The van der Waals surface area contributed by atoms with Gasteiger partial charge in [0.2, 0.25) is 0 Å². The molecule has 0 unspecified atom stereocenters. The molecule has 4 nitrogen and oxygen atoms in total. The molecule has 1 saturated carbocycles. The maximum atomic E-state index is 11.9. The van der Waals surface area contributed by atoms with Crippen LogP contribution in [-0.2, 0) is 0 Å².